The topological polar surface area (TPSA) is 81.8 Å². The van der Waals surface area contributed by atoms with E-state index >= 15 is 0 Å². The Kier molecular flexibility index (Phi) is 7.15. The average molecular weight is 605 g/mol. The number of fused-ring (bicyclic) bond motifs is 1. The maximum Gasteiger partial charge on any atom is 0.335 e. The smallest absolute Gasteiger partial charge is 0.335 e. The summed E-state index contributed by atoms with van der Waals surface area (Å²) in [6, 6.07) is 13.5. The molecule has 6 nitrogen and oxygen atoms in total. The van der Waals surface area contributed by atoms with Gasteiger partial charge in [-0.2, -0.15) is 0 Å². The molecule has 1 aliphatic carbocycles. The molecule has 200 valence electrons. The van der Waals surface area contributed by atoms with E-state index in [0.29, 0.717) is 67.2 Å². The first-order chi connectivity index (χ1) is 18.8. The minimum Gasteiger partial charge on any atom is -0.489 e. The molecule has 1 aromatic heterocycles. The summed E-state index contributed by atoms with van der Waals surface area (Å²) in [6.07, 6.45) is 2.90. The van der Waals surface area contributed by atoms with Crippen molar-refractivity contribution in [2.45, 2.75) is 44.3 Å². The molecule has 1 N–H and O–H groups in total. The highest BCUT2D eigenvalue weighted by atomic mass is 35.5. The van der Waals surface area contributed by atoms with Crippen LogP contribution in [0.2, 0.25) is 20.1 Å². The van der Waals surface area contributed by atoms with Gasteiger partial charge >= 0.3 is 5.97 Å². The Hall–Kier alpha value is -2.90. The zero-order valence-electron chi connectivity index (χ0n) is 20.3. The fourth-order valence-electron chi connectivity index (χ4n) is 4.88. The molecule has 3 aromatic carbocycles. The van der Waals surface area contributed by atoms with E-state index in [2.05, 4.69) is 5.16 Å². The molecule has 0 bridgehead atoms. The summed E-state index contributed by atoms with van der Waals surface area (Å²) in [5.41, 5.74) is 3.68. The molecule has 1 fully saturated rings. The van der Waals surface area contributed by atoms with E-state index in [0.717, 1.165) is 29.7 Å². The van der Waals surface area contributed by atoms with Gasteiger partial charge in [0, 0.05) is 17.0 Å². The van der Waals surface area contributed by atoms with Gasteiger partial charge in [0.25, 0.3) is 0 Å². The van der Waals surface area contributed by atoms with Crippen LogP contribution >= 0.6 is 46.4 Å². The lowest BCUT2D eigenvalue weighted by Crippen LogP contribution is -2.16. The Morgan fingerprint density at radius 2 is 1.69 bits per heavy atom. The van der Waals surface area contributed by atoms with Crippen LogP contribution in [-0.4, -0.2) is 16.2 Å². The van der Waals surface area contributed by atoms with Gasteiger partial charge in [-0.25, -0.2) is 4.79 Å². The summed E-state index contributed by atoms with van der Waals surface area (Å²) >= 11 is 26.3. The highest BCUT2D eigenvalue weighted by molar-refractivity contribution is 6.39. The Balaban J connectivity index is 1.24. The third-order valence-corrected chi connectivity index (χ3v) is 8.23. The Morgan fingerprint density at radius 3 is 2.36 bits per heavy atom. The Labute approximate surface area is 244 Å². The second-order valence-corrected chi connectivity index (χ2v) is 11.2. The molecule has 1 atom stereocenters. The molecule has 0 amide bonds. The molecule has 1 unspecified atom stereocenters. The molecule has 39 heavy (non-hydrogen) atoms. The predicted molar refractivity (Wildman–Crippen MR) is 150 cm³/mol. The molecule has 6 rings (SSSR count). The van der Waals surface area contributed by atoms with E-state index in [4.69, 9.17) is 60.4 Å². The van der Waals surface area contributed by atoms with Gasteiger partial charge in [-0.05, 0) is 73.7 Å². The molecule has 10 heteroatoms. The van der Waals surface area contributed by atoms with Gasteiger partial charge in [-0.15, -0.1) is 0 Å². The fourth-order valence-corrected chi connectivity index (χ4v) is 6.17. The minimum atomic E-state index is -0.973. The van der Waals surface area contributed by atoms with Gasteiger partial charge < -0.3 is 19.1 Å². The number of carbonyl (C=O) groups is 1. The second-order valence-electron chi connectivity index (χ2n) is 9.61. The second kappa shape index (κ2) is 10.6. The minimum absolute atomic E-state index is 0.164. The molecule has 2 aliphatic rings. The number of rotatable bonds is 7. The number of ether oxygens (including phenoxy) is 2. The fraction of sp³-hybridized carbons (Fsp3) is 0.241. The van der Waals surface area contributed by atoms with E-state index in [9.17, 15) is 9.90 Å². The average Bonchev–Trinajstić information content (AvgIpc) is 3.66. The first-order valence-electron chi connectivity index (χ1n) is 12.4. The third kappa shape index (κ3) is 5.19. The molecule has 0 saturated heterocycles. The molecular formula is C29H21Cl4NO5. The molecule has 4 aromatic rings. The van der Waals surface area contributed by atoms with Crippen LogP contribution < -0.4 is 9.47 Å². The number of nitrogens with zero attached hydrogens (tertiary/aromatic N) is 1. The van der Waals surface area contributed by atoms with Gasteiger partial charge in [0.1, 0.15) is 35.7 Å². The van der Waals surface area contributed by atoms with Gasteiger partial charge in [0.05, 0.1) is 31.2 Å². The lowest BCUT2D eigenvalue weighted by Gasteiger charge is -2.28. The van der Waals surface area contributed by atoms with E-state index in [1.165, 1.54) is 6.07 Å². The summed E-state index contributed by atoms with van der Waals surface area (Å²) in [5, 5.41) is 15.3. The number of hydrogen-bond acceptors (Lipinski definition) is 5. The van der Waals surface area contributed by atoms with Crippen molar-refractivity contribution in [3.63, 3.8) is 0 Å². The Morgan fingerprint density at radius 1 is 0.974 bits per heavy atom. The van der Waals surface area contributed by atoms with Crippen LogP contribution in [0, 0.1) is 0 Å². The summed E-state index contributed by atoms with van der Waals surface area (Å²) in [4.78, 5) is 11.3. The van der Waals surface area contributed by atoms with Crippen LogP contribution in [0.3, 0.4) is 0 Å². The summed E-state index contributed by atoms with van der Waals surface area (Å²) in [6.45, 7) is 0.164. The van der Waals surface area contributed by atoms with Crippen molar-refractivity contribution in [1.82, 2.24) is 5.16 Å². The first kappa shape index (κ1) is 26.3. The maximum absolute atomic E-state index is 11.3. The van der Waals surface area contributed by atoms with Crippen molar-refractivity contribution < 1.29 is 23.9 Å². The van der Waals surface area contributed by atoms with E-state index in [1.807, 2.05) is 0 Å². The van der Waals surface area contributed by atoms with E-state index in [-0.39, 0.29) is 18.3 Å². The number of carboxylic acid groups (broad SMARTS) is 1. The van der Waals surface area contributed by atoms with Crippen LogP contribution in [-0.2, 0) is 13.0 Å². The van der Waals surface area contributed by atoms with Crippen LogP contribution in [0.1, 0.15) is 64.1 Å². The van der Waals surface area contributed by atoms with Crippen molar-refractivity contribution in [2.75, 3.05) is 0 Å². The van der Waals surface area contributed by atoms with Crippen LogP contribution in [0.15, 0.2) is 53.1 Å². The van der Waals surface area contributed by atoms with E-state index < -0.39 is 5.97 Å². The highest BCUT2D eigenvalue weighted by Gasteiger charge is 2.34. The number of carboxylic acids is 1. The zero-order chi connectivity index (χ0) is 27.3. The van der Waals surface area contributed by atoms with Crippen molar-refractivity contribution in [3.05, 3.63) is 96.6 Å². The largest absolute Gasteiger partial charge is 0.489 e. The Bertz CT molecular complexity index is 1550. The summed E-state index contributed by atoms with van der Waals surface area (Å²) in [5.74, 6) is 1.19. The number of halogens is 4. The number of aromatic nitrogens is 1. The van der Waals surface area contributed by atoms with Crippen LogP contribution in [0.4, 0.5) is 0 Å². The third-order valence-electron chi connectivity index (χ3n) is 6.98. The quantitative estimate of drug-likeness (QED) is 0.226. The van der Waals surface area contributed by atoms with Gasteiger partial charge in [-0.3, -0.25) is 0 Å². The number of benzene rings is 3. The summed E-state index contributed by atoms with van der Waals surface area (Å²) in [7, 11) is 0. The molecule has 0 radical (unpaired) electrons. The number of aryl methyl sites for hydroxylation is 1. The highest BCUT2D eigenvalue weighted by Crippen LogP contribution is 2.47. The zero-order valence-corrected chi connectivity index (χ0v) is 23.4. The standard InChI is InChI=1S/C29H21Cl4NO5/c30-19-2-1-3-20(31)26(19)27-18(28(39-34-27)14-4-5-14)13-37-17-11-21(32)25(22(33)12-17)24-9-6-15-10-16(29(35)36)7-8-23(15)38-24/h1-3,7-8,10-12,14,24H,4-6,9,13H2,(H,35,36). The van der Waals surface area contributed by atoms with E-state index in [1.54, 1.807) is 42.5 Å². The predicted octanol–water partition coefficient (Wildman–Crippen LogP) is 9.18. The van der Waals surface area contributed by atoms with Crippen molar-refractivity contribution in [3.8, 4) is 22.8 Å². The summed E-state index contributed by atoms with van der Waals surface area (Å²) < 4.78 is 18.0. The van der Waals surface area contributed by atoms with Crippen LogP contribution in [0.5, 0.6) is 11.5 Å². The van der Waals surface area contributed by atoms with Crippen LogP contribution in [0.25, 0.3) is 11.3 Å². The monoisotopic (exact) mass is 603 g/mol. The van der Waals surface area contributed by atoms with Crippen molar-refractivity contribution >= 4 is 52.4 Å². The molecule has 0 spiro atoms. The molecule has 2 heterocycles. The first-order valence-corrected chi connectivity index (χ1v) is 13.9. The van der Waals surface area contributed by atoms with Gasteiger partial charge in [0.15, 0.2) is 0 Å². The van der Waals surface area contributed by atoms with Gasteiger partial charge in [0.2, 0.25) is 0 Å². The van der Waals surface area contributed by atoms with Crippen molar-refractivity contribution in [2.24, 2.45) is 0 Å². The molecule has 1 saturated carbocycles. The molecule has 1 aliphatic heterocycles. The van der Waals surface area contributed by atoms with Gasteiger partial charge in [-0.1, -0.05) is 57.6 Å². The number of hydrogen-bond donors (Lipinski definition) is 1. The maximum atomic E-state index is 11.3. The SMILES string of the molecule is O=C(O)c1ccc2c(c1)CCC(c1c(Cl)cc(OCc3c(-c4c(Cl)cccc4Cl)noc3C3CC3)cc1Cl)O2. The lowest BCUT2D eigenvalue weighted by atomic mass is 9.96. The number of aromatic carboxylic acids is 1. The van der Waals surface area contributed by atoms with Crippen molar-refractivity contribution in [1.29, 1.82) is 0 Å². The normalized spacial score (nSPS) is 16.5. The molecular weight excluding hydrogens is 584 g/mol. The lowest BCUT2D eigenvalue weighted by molar-refractivity contribution is 0.0696.